The summed E-state index contributed by atoms with van der Waals surface area (Å²) in [6.07, 6.45) is 0. The van der Waals surface area contributed by atoms with E-state index in [0.717, 1.165) is 22.6 Å². The first-order valence-corrected chi connectivity index (χ1v) is 12.7. The Labute approximate surface area is 214 Å². The second kappa shape index (κ2) is 7.04. The molecule has 0 bridgehead atoms. The highest BCUT2D eigenvalue weighted by Gasteiger charge is 2.37. The average molecular weight is 480 g/mol. The summed E-state index contributed by atoms with van der Waals surface area (Å²) in [5, 5.41) is 4.88. The second-order valence-electron chi connectivity index (χ2n) is 10.6. The molecule has 2 aromatic heterocycles. The second-order valence-corrected chi connectivity index (χ2v) is 10.6. The average Bonchev–Trinajstić information content (AvgIpc) is 3.53. The maximum absolute atomic E-state index is 6.27. The van der Waals surface area contributed by atoms with Crippen molar-refractivity contribution in [2.75, 3.05) is 7.11 Å². The molecule has 3 heteroatoms. The number of methoxy groups -OCH3 is 1. The molecular weight excluding hydrogens is 454 g/mol. The largest absolute Gasteiger partial charge is 0.497 e. The maximum atomic E-state index is 6.27. The first-order chi connectivity index (χ1) is 18.0. The zero-order valence-corrected chi connectivity index (χ0v) is 21.0. The molecular formula is C34H25NO2. The van der Waals surface area contributed by atoms with Crippen LogP contribution in [-0.4, -0.2) is 11.7 Å². The Morgan fingerprint density at radius 1 is 0.622 bits per heavy atom. The van der Waals surface area contributed by atoms with Gasteiger partial charge in [0.25, 0.3) is 0 Å². The van der Waals surface area contributed by atoms with Crippen LogP contribution in [0, 0.1) is 0 Å². The lowest BCUT2D eigenvalue weighted by molar-refractivity contribution is 0.415. The summed E-state index contributed by atoms with van der Waals surface area (Å²) in [5.74, 6) is 0.860. The van der Waals surface area contributed by atoms with Crippen molar-refractivity contribution in [3.05, 3.63) is 108 Å². The number of rotatable bonds is 2. The third kappa shape index (κ3) is 2.66. The molecule has 0 amide bonds. The van der Waals surface area contributed by atoms with Crippen molar-refractivity contribution in [1.82, 2.24) is 4.57 Å². The molecule has 37 heavy (non-hydrogen) atoms. The van der Waals surface area contributed by atoms with Gasteiger partial charge in [-0.1, -0.05) is 50.2 Å². The smallest absolute Gasteiger partial charge is 0.135 e. The Balaban J connectivity index is 1.46. The molecule has 0 fully saturated rings. The number of ether oxygens (including phenoxy) is 1. The van der Waals surface area contributed by atoms with Crippen LogP contribution in [0.25, 0.3) is 60.6 Å². The Kier molecular flexibility index (Phi) is 3.93. The highest BCUT2D eigenvalue weighted by Crippen LogP contribution is 2.52. The molecule has 0 aliphatic heterocycles. The number of para-hydroxylation sites is 2. The third-order valence-corrected chi connectivity index (χ3v) is 8.30. The van der Waals surface area contributed by atoms with Crippen LogP contribution in [0.3, 0.4) is 0 Å². The molecule has 8 rings (SSSR count). The highest BCUT2D eigenvalue weighted by molar-refractivity contribution is 6.13. The summed E-state index contributed by atoms with van der Waals surface area (Å²) in [6.45, 7) is 4.66. The van der Waals surface area contributed by atoms with E-state index in [1.54, 1.807) is 7.11 Å². The number of benzene rings is 5. The van der Waals surface area contributed by atoms with Crippen LogP contribution in [-0.2, 0) is 5.41 Å². The van der Waals surface area contributed by atoms with E-state index >= 15 is 0 Å². The molecule has 5 aromatic carbocycles. The van der Waals surface area contributed by atoms with Crippen LogP contribution >= 0.6 is 0 Å². The van der Waals surface area contributed by atoms with Crippen LogP contribution < -0.4 is 4.74 Å². The van der Waals surface area contributed by atoms with Gasteiger partial charge in [-0.15, -0.1) is 0 Å². The van der Waals surface area contributed by atoms with Gasteiger partial charge in [0, 0.05) is 32.6 Å². The zero-order valence-electron chi connectivity index (χ0n) is 21.0. The number of hydrogen-bond donors (Lipinski definition) is 0. The molecule has 178 valence electrons. The summed E-state index contributed by atoms with van der Waals surface area (Å²) < 4.78 is 14.1. The molecule has 3 nitrogen and oxygen atoms in total. The van der Waals surface area contributed by atoms with Gasteiger partial charge in [-0.05, 0) is 82.9 Å². The zero-order chi connectivity index (χ0) is 24.9. The first kappa shape index (κ1) is 20.7. The first-order valence-electron chi connectivity index (χ1n) is 12.7. The third-order valence-electron chi connectivity index (χ3n) is 8.30. The minimum Gasteiger partial charge on any atom is -0.497 e. The number of aromatic nitrogens is 1. The summed E-state index contributed by atoms with van der Waals surface area (Å²) in [6, 6.07) is 34.8. The molecule has 2 heterocycles. The van der Waals surface area contributed by atoms with Gasteiger partial charge in [0.15, 0.2) is 0 Å². The molecule has 0 saturated heterocycles. The van der Waals surface area contributed by atoms with Gasteiger partial charge in [-0.25, -0.2) is 0 Å². The SMILES string of the molecule is COc1ccc(-n2c3ccccc3c3cc4c(cc32)C(C)(C)c2cc3oc5ccccc5c3cc2-4)cc1. The molecule has 1 aliphatic rings. The van der Waals surface area contributed by atoms with Crippen molar-refractivity contribution >= 4 is 43.7 Å². The topological polar surface area (TPSA) is 27.3 Å². The molecule has 0 unspecified atom stereocenters. The van der Waals surface area contributed by atoms with Crippen molar-refractivity contribution in [3.63, 3.8) is 0 Å². The fourth-order valence-corrected chi connectivity index (χ4v) is 6.42. The Bertz CT molecular complexity index is 2040. The van der Waals surface area contributed by atoms with Gasteiger partial charge in [0.2, 0.25) is 0 Å². The summed E-state index contributed by atoms with van der Waals surface area (Å²) in [7, 11) is 1.71. The van der Waals surface area contributed by atoms with Gasteiger partial charge >= 0.3 is 0 Å². The van der Waals surface area contributed by atoms with E-state index in [1.165, 1.54) is 54.8 Å². The predicted octanol–water partition coefficient (Wildman–Crippen LogP) is 9.00. The standard InChI is InChI=1S/C34H25NO2/c1-34(2)28-18-31-26(22-8-4-6-10-30(22)35(31)20-12-14-21(36-3)15-13-20)16-24(28)25-17-27-23-9-5-7-11-32(23)37-33(27)19-29(25)34/h4-19H,1-3H3. The van der Waals surface area contributed by atoms with Crippen molar-refractivity contribution in [3.8, 4) is 22.6 Å². The normalized spacial score (nSPS) is 14.0. The van der Waals surface area contributed by atoms with Gasteiger partial charge in [0.05, 0.1) is 18.1 Å². The van der Waals surface area contributed by atoms with Crippen molar-refractivity contribution in [2.24, 2.45) is 0 Å². The van der Waals surface area contributed by atoms with E-state index in [9.17, 15) is 0 Å². The molecule has 0 N–H and O–H groups in total. The van der Waals surface area contributed by atoms with E-state index in [-0.39, 0.29) is 5.41 Å². The Morgan fingerprint density at radius 2 is 1.30 bits per heavy atom. The number of fused-ring (bicyclic) bond motifs is 9. The number of nitrogens with zero attached hydrogens (tertiary/aromatic N) is 1. The summed E-state index contributed by atoms with van der Waals surface area (Å²) in [5.41, 5.74) is 10.6. The molecule has 0 atom stereocenters. The van der Waals surface area contributed by atoms with Gasteiger partial charge in [-0.3, -0.25) is 0 Å². The fourth-order valence-electron chi connectivity index (χ4n) is 6.42. The lowest BCUT2D eigenvalue weighted by atomic mass is 9.82. The van der Waals surface area contributed by atoms with Crippen LogP contribution in [0.5, 0.6) is 5.75 Å². The van der Waals surface area contributed by atoms with E-state index < -0.39 is 0 Å². The molecule has 0 saturated carbocycles. The van der Waals surface area contributed by atoms with Crippen LogP contribution in [0.15, 0.2) is 101 Å². The number of hydrogen-bond acceptors (Lipinski definition) is 2. The molecule has 0 spiro atoms. The lowest BCUT2D eigenvalue weighted by Gasteiger charge is -2.21. The van der Waals surface area contributed by atoms with E-state index in [0.29, 0.717) is 0 Å². The van der Waals surface area contributed by atoms with E-state index in [2.05, 4.69) is 97.3 Å². The Morgan fingerprint density at radius 3 is 2.08 bits per heavy atom. The van der Waals surface area contributed by atoms with Crippen LogP contribution in [0.4, 0.5) is 0 Å². The van der Waals surface area contributed by atoms with Crippen molar-refractivity contribution < 1.29 is 9.15 Å². The highest BCUT2D eigenvalue weighted by atomic mass is 16.5. The van der Waals surface area contributed by atoms with Crippen molar-refractivity contribution in [1.29, 1.82) is 0 Å². The van der Waals surface area contributed by atoms with Crippen LogP contribution in [0.2, 0.25) is 0 Å². The van der Waals surface area contributed by atoms with Gasteiger partial charge in [-0.2, -0.15) is 0 Å². The summed E-state index contributed by atoms with van der Waals surface area (Å²) in [4.78, 5) is 0. The quantitative estimate of drug-likeness (QED) is 0.247. The Hall–Kier alpha value is -4.50. The minimum absolute atomic E-state index is 0.146. The summed E-state index contributed by atoms with van der Waals surface area (Å²) >= 11 is 0. The van der Waals surface area contributed by atoms with Crippen LogP contribution in [0.1, 0.15) is 25.0 Å². The van der Waals surface area contributed by atoms with Crippen molar-refractivity contribution in [2.45, 2.75) is 19.3 Å². The molecule has 7 aromatic rings. The monoisotopic (exact) mass is 479 g/mol. The minimum atomic E-state index is -0.146. The van der Waals surface area contributed by atoms with Gasteiger partial charge in [0.1, 0.15) is 16.9 Å². The van der Waals surface area contributed by atoms with Gasteiger partial charge < -0.3 is 13.7 Å². The number of furan rings is 1. The predicted molar refractivity (Wildman–Crippen MR) is 152 cm³/mol. The van der Waals surface area contributed by atoms with E-state index in [4.69, 9.17) is 9.15 Å². The fraction of sp³-hybridized carbons (Fsp3) is 0.118. The maximum Gasteiger partial charge on any atom is 0.135 e. The lowest BCUT2D eigenvalue weighted by Crippen LogP contribution is -2.15. The molecule has 1 aliphatic carbocycles. The molecule has 0 radical (unpaired) electrons. The van der Waals surface area contributed by atoms with E-state index in [1.807, 2.05) is 18.2 Å².